The Kier molecular flexibility index (Phi) is 4.17. The number of aromatic nitrogens is 2. The normalized spacial score (nSPS) is 20.5. The summed E-state index contributed by atoms with van der Waals surface area (Å²) in [6.07, 6.45) is 1.72. The third-order valence-corrected chi connectivity index (χ3v) is 4.17. The summed E-state index contributed by atoms with van der Waals surface area (Å²) in [5.41, 5.74) is 0.746. The molecular formula is C17H20ClN3O2. The number of ether oxygens (including phenoxy) is 1. The highest BCUT2D eigenvalue weighted by molar-refractivity contribution is 6.33. The number of anilines is 1. The highest BCUT2D eigenvalue weighted by Crippen LogP contribution is 2.29. The van der Waals surface area contributed by atoms with Crippen molar-refractivity contribution in [3.63, 3.8) is 0 Å². The number of halogens is 1. The molecule has 0 spiro atoms. The van der Waals surface area contributed by atoms with Gasteiger partial charge in [-0.05, 0) is 32.9 Å². The zero-order valence-electron chi connectivity index (χ0n) is 13.5. The molecule has 0 radical (unpaired) electrons. The lowest BCUT2D eigenvalue weighted by molar-refractivity contribution is -0.0749. The molecule has 1 fully saturated rings. The number of benzene rings is 1. The van der Waals surface area contributed by atoms with E-state index < -0.39 is 0 Å². The van der Waals surface area contributed by atoms with Crippen LogP contribution in [0.2, 0.25) is 5.02 Å². The molecule has 0 bridgehead atoms. The van der Waals surface area contributed by atoms with E-state index in [9.17, 15) is 4.79 Å². The van der Waals surface area contributed by atoms with Crippen LogP contribution in [0.3, 0.4) is 0 Å². The van der Waals surface area contributed by atoms with Crippen LogP contribution in [-0.4, -0.2) is 34.6 Å². The fourth-order valence-electron chi connectivity index (χ4n) is 3.03. The Morgan fingerprint density at radius 2 is 2.00 bits per heavy atom. The molecule has 2 aromatic rings. The first-order valence-electron chi connectivity index (χ1n) is 7.63. The second kappa shape index (κ2) is 5.98. The zero-order chi connectivity index (χ0) is 16.6. The zero-order valence-corrected chi connectivity index (χ0v) is 14.2. The Labute approximate surface area is 140 Å². The van der Waals surface area contributed by atoms with Crippen LogP contribution >= 0.6 is 11.6 Å². The molecule has 1 aliphatic heterocycles. The summed E-state index contributed by atoms with van der Waals surface area (Å²) in [6, 6.07) is 9.26. The average Bonchev–Trinajstić information content (AvgIpc) is 2.48. The van der Waals surface area contributed by atoms with Gasteiger partial charge in [0.25, 0.3) is 5.56 Å². The molecule has 6 heteroatoms. The molecule has 2 heterocycles. The van der Waals surface area contributed by atoms with Crippen LogP contribution in [0, 0.1) is 0 Å². The quantitative estimate of drug-likeness (QED) is 0.848. The summed E-state index contributed by atoms with van der Waals surface area (Å²) in [7, 11) is 0. The van der Waals surface area contributed by atoms with Gasteiger partial charge in [0.15, 0.2) is 0 Å². The Morgan fingerprint density at radius 1 is 1.30 bits per heavy atom. The van der Waals surface area contributed by atoms with Gasteiger partial charge in [-0.1, -0.05) is 29.8 Å². The van der Waals surface area contributed by atoms with Crippen molar-refractivity contribution in [2.75, 3.05) is 18.0 Å². The lowest BCUT2D eigenvalue weighted by atomic mass is 10.1. The van der Waals surface area contributed by atoms with Crippen molar-refractivity contribution in [1.82, 2.24) is 9.78 Å². The Morgan fingerprint density at radius 3 is 2.65 bits per heavy atom. The standard InChI is InChI=1S/C17H20ClN3O2/c1-12-10-20(11-17(2,3)23-12)14-9-19-21(16(22)15(14)18)13-7-5-4-6-8-13/h4-9,12H,10-11H2,1-3H3/t12-/m1/s1. The topological polar surface area (TPSA) is 47.4 Å². The fourth-order valence-corrected chi connectivity index (χ4v) is 3.28. The Balaban J connectivity index is 2.00. The average molecular weight is 334 g/mol. The van der Waals surface area contributed by atoms with E-state index in [-0.39, 0.29) is 22.3 Å². The third-order valence-electron chi connectivity index (χ3n) is 3.81. The van der Waals surface area contributed by atoms with E-state index in [1.807, 2.05) is 51.1 Å². The van der Waals surface area contributed by atoms with Crippen LogP contribution in [0.5, 0.6) is 0 Å². The Hall–Kier alpha value is -1.85. The minimum absolute atomic E-state index is 0.0615. The van der Waals surface area contributed by atoms with Crippen LogP contribution in [0.4, 0.5) is 5.69 Å². The molecule has 0 N–H and O–H groups in total. The van der Waals surface area contributed by atoms with E-state index in [1.54, 1.807) is 6.20 Å². The molecule has 1 atom stereocenters. The molecule has 0 amide bonds. The summed E-state index contributed by atoms with van der Waals surface area (Å²) >= 11 is 6.37. The van der Waals surface area contributed by atoms with Gasteiger partial charge >= 0.3 is 0 Å². The van der Waals surface area contributed by atoms with Crippen LogP contribution < -0.4 is 10.5 Å². The number of para-hydroxylation sites is 1. The van der Waals surface area contributed by atoms with Crippen LogP contribution in [0.15, 0.2) is 41.3 Å². The number of hydrogen-bond donors (Lipinski definition) is 0. The minimum atomic E-state index is -0.313. The van der Waals surface area contributed by atoms with Gasteiger partial charge in [0.05, 0.1) is 29.3 Å². The maximum atomic E-state index is 12.6. The smallest absolute Gasteiger partial charge is 0.292 e. The number of rotatable bonds is 2. The van der Waals surface area contributed by atoms with Gasteiger partial charge in [0, 0.05) is 13.1 Å². The summed E-state index contributed by atoms with van der Waals surface area (Å²) < 4.78 is 7.22. The highest BCUT2D eigenvalue weighted by atomic mass is 35.5. The monoisotopic (exact) mass is 333 g/mol. The molecule has 0 aliphatic carbocycles. The molecule has 0 saturated carbocycles. The molecule has 5 nitrogen and oxygen atoms in total. The first-order valence-corrected chi connectivity index (χ1v) is 8.01. The molecule has 1 aromatic carbocycles. The predicted molar refractivity (Wildman–Crippen MR) is 91.7 cm³/mol. The van der Waals surface area contributed by atoms with E-state index in [4.69, 9.17) is 16.3 Å². The van der Waals surface area contributed by atoms with E-state index in [2.05, 4.69) is 10.00 Å². The van der Waals surface area contributed by atoms with Gasteiger partial charge in [-0.15, -0.1) is 0 Å². The lowest BCUT2D eigenvalue weighted by Gasteiger charge is -2.42. The summed E-state index contributed by atoms with van der Waals surface area (Å²) in [4.78, 5) is 14.7. The van der Waals surface area contributed by atoms with Gasteiger partial charge in [0.2, 0.25) is 0 Å². The lowest BCUT2D eigenvalue weighted by Crippen LogP contribution is -2.52. The van der Waals surface area contributed by atoms with Crippen molar-refractivity contribution < 1.29 is 4.74 Å². The number of hydrogen-bond acceptors (Lipinski definition) is 4. The van der Waals surface area contributed by atoms with Crippen molar-refractivity contribution in [3.8, 4) is 5.69 Å². The van der Waals surface area contributed by atoms with Gasteiger partial charge in [-0.25, -0.2) is 0 Å². The van der Waals surface area contributed by atoms with Crippen LogP contribution in [0.25, 0.3) is 5.69 Å². The molecule has 122 valence electrons. The van der Waals surface area contributed by atoms with Crippen molar-refractivity contribution >= 4 is 17.3 Å². The van der Waals surface area contributed by atoms with Gasteiger partial charge < -0.3 is 9.64 Å². The van der Waals surface area contributed by atoms with Crippen molar-refractivity contribution in [2.45, 2.75) is 32.5 Å². The van der Waals surface area contributed by atoms with E-state index in [1.165, 1.54) is 4.68 Å². The van der Waals surface area contributed by atoms with E-state index in [0.717, 1.165) is 0 Å². The third kappa shape index (κ3) is 3.26. The Bertz CT molecular complexity index is 758. The maximum Gasteiger partial charge on any atom is 0.292 e. The number of nitrogens with zero attached hydrogens (tertiary/aromatic N) is 3. The van der Waals surface area contributed by atoms with E-state index >= 15 is 0 Å². The molecule has 1 saturated heterocycles. The first-order chi connectivity index (χ1) is 10.9. The van der Waals surface area contributed by atoms with Crippen molar-refractivity contribution in [3.05, 3.63) is 51.9 Å². The SMILES string of the molecule is C[C@@H]1CN(c2cnn(-c3ccccc3)c(=O)c2Cl)CC(C)(C)O1. The summed E-state index contributed by atoms with van der Waals surface area (Å²) in [6.45, 7) is 7.41. The largest absolute Gasteiger partial charge is 0.369 e. The van der Waals surface area contributed by atoms with E-state index in [0.29, 0.717) is 24.5 Å². The summed E-state index contributed by atoms with van der Waals surface area (Å²) in [5, 5.41) is 4.48. The van der Waals surface area contributed by atoms with Crippen LogP contribution in [-0.2, 0) is 4.74 Å². The molecular weight excluding hydrogens is 314 g/mol. The van der Waals surface area contributed by atoms with Gasteiger partial charge in [-0.2, -0.15) is 9.78 Å². The van der Waals surface area contributed by atoms with Gasteiger partial charge in [0.1, 0.15) is 5.02 Å². The maximum absolute atomic E-state index is 12.6. The molecule has 0 unspecified atom stereocenters. The molecule has 23 heavy (non-hydrogen) atoms. The molecule has 3 rings (SSSR count). The second-order valence-corrected chi connectivity index (χ2v) is 6.84. The molecule has 1 aliphatic rings. The summed E-state index contributed by atoms with van der Waals surface area (Å²) in [5.74, 6) is 0. The fraction of sp³-hybridized carbons (Fsp3) is 0.412. The predicted octanol–water partition coefficient (Wildman–Crippen LogP) is 2.89. The van der Waals surface area contributed by atoms with Gasteiger partial charge in [-0.3, -0.25) is 4.79 Å². The first kappa shape index (κ1) is 16.0. The second-order valence-electron chi connectivity index (χ2n) is 6.46. The van der Waals surface area contributed by atoms with Crippen molar-refractivity contribution in [2.24, 2.45) is 0 Å². The minimum Gasteiger partial charge on any atom is -0.369 e. The van der Waals surface area contributed by atoms with Crippen molar-refractivity contribution in [1.29, 1.82) is 0 Å². The highest BCUT2D eigenvalue weighted by Gasteiger charge is 2.32. The molecule has 1 aromatic heterocycles. The number of morpholine rings is 1. The van der Waals surface area contributed by atoms with Crippen LogP contribution in [0.1, 0.15) is 20.8 Å².